The number of hydrogen-bond donors (Lipinski definition) is 2. The van der Waals surface area contributed by atoms with E-state index in [1.807, 2.05) is 6.92 Å². The van der Waals surface area contributed by atoms with Gasteiger partial charge in [0.05, 0.1) is 0 Å². The van der Waals surface area contributed by atoms with Crippen LogP contribution in [0.1, 0.15) is 49.7 Å². The fourth-order valence-corrected chi connectivity index (χ4v) is 2.16. The van der Waals surface area contributed by atoms with Gasteiger partial charge in [-0.25, -0.2) is 4.98 Å². The molecule has 1 amide bonds. The van der Waals surface area contributed by atoms with E-state index in [0.717, 1.165) is 25.0 Å². The molecule has 4 nitrogen and oxygen atoms in total. The zero-order valence-corrected chi connectivity index (χ0v) is 13.1. The van der Waals surface area contributed by atoms with E-state index in [2.05, 4.69) is 24.1 Å². The van der Waals surface area contributed by atoms with Gasteiger partial charge in [-0.2, -0.15) is 0 Å². The maximum absolute atomic E-state index is 12.1. The molecular formula is C15H23ClN2O2. The Balaban J connectivity index is 2.65. The highest BCUT2D eigenvalue weighted by molar-refractivity contribution is 6.29. The molecular weight excluding hydrogens is 276 g/mol. The number of nitrogens with zero attached hydrogens (tertiary/aromatic N) is 1. The quantitative estimate of drug-likeness (QED) is 0.761. The normalized spacial score (nSPS) is 11.4. The molecule has 0 radical (unpaired) electrons. The molecule has 0 unspecified atom stereocenters. The van der Waals surface area contributed by atoms with Gasteiger partial charge in [-0.1, -0.05) is 32.4 Å². The van der Waals surface area contributed by atoms with E-state index in [4.69, 9.17) is 16.7 Å². The second-order valence-corrected chi connectivity index (χ2v) is 6.08. The van der Waals surface area contributed by atoms with E-state index in [0.29, 0.717) is 17.3 Å². The van der Waals surface area contributed by atoms with Gasteiger partial charge in [0.1, 0.15) is 5.15 Å². The van der Waals surface area contributed by atoms with Gasteiger partial charge in [0.2, 0.25) is 0 Å². The number of aliphatic hydroxyl groups is 1. The number of rotatable bonds is 7. The molecule has 5 heteroatoms. The first kappa shape index (κ1) is 16.9. The van der Waals surface area contributed by atoms with Gasteiger partial charge >= 0.3 is 0 Å². The van der Waals surface area contributed by atoms with Crippen LogP contribution in [0, 0.1) is 5.41 Å². The summed E-state index contributed by atoms with van der Waals surface area (Å²) in [4.78, 5) is 16.3. The summed E-state index contributed by atoms with van der Waals surface area (Å²) in [7, 11) is 0. The van der Waals surface area contributed by atoms with Crippen LogP contribution in [0.15, 0.2) is 12.1 Å². The van der Waals surface area contributed by atoms with Crippen LogP contribution in [-0.2, 0) is 6.42 Å². The summed E-state index contributed by atoms with van der Waals surface area (Å²) in [5.41, 5.74) is 1.31. The van der Waals surface area contributed by atoms with Gasteiger partial charge in [0, 0.05) is 24.4 Å². The first-order valence-electron chi connectivity index (χ1n) is 6.93. The molecule has 0 aliphatic rings. The highest BCUT2D eigenvalue weighted by Gasteiger charge is 2.19. The SMILES string of the molecule is CCc1cc(C(=O)NCC(C)(C)CCCO)cc(Cl)n1. The number of carbonyl (C=O) groups is 1. The molecule has 0 bridgehead atoms. The molecule has 1 aromatic heterocycles. The number of nitrogens with one attached hydrogen (secondary N) is 1. The van der Waals surface area contributed by atoms with Crippen molar-refractivity contribution in [1.29, 1.82) is 0 Å². The molecule has 112 valence electrons. The predicted molar refractivity (Wildman–Crippen MR) is 81.1 cm³/mol. The van der Waals surface area contributed by atoms with Gasteiger partial charge in [0.25, 0.3) is 5.91 Å². The summed E-state index contributed by atoms with van der Waals surface area (Å²) in [6, 6.07) is 3.35. The van der Waals surface area contributed by atoms with Crippen molar-refractivity contribution in [2.45, 2.75) is 40.0 Å². The number of amides is 1. The molecule has 0 saturated carbocycles. The number of aryl methyl sites for hydroxylation is 1. The molecule has 0 saturated heterocycles. The average molecular weight is 299 g/mol. The molecule has 1 rings (SSSR count). The maximum atomic E-state index is 12.1. The Morgan fingerprint density at radius 2 is 2.15 bits per heavy atom. The summed E-state index contributed by atoms with van der Waals surface area (Å²) in [5, 5.41) is 12.1. The Kier molecular flexibility index (Phi) is 6.43. The lowest BCUT2D eigenvalue weighted by atomic mass is 9.88. The summed E-state index contributed by atoms with van der Waals surface area (Å²) < 4.78 is 0. The second kappa shape index (κ2) is 7.60. The van der Waals surface area contributed by atoms with Gasteiger partial charge in [0.15, 0.2) is 0 Å². The van der Waals surface area contributed by atoms with Crippen LogP contribution in [0.5, 0.6) is 0 Å². The Hall–Kier alpha value is -1.13. The maximum Gasteiger partial charge on any atom is 0.251 e. The van der Waals surface area contributed by atoms with Crippen LogP contribution in [0.4, 0.5) is 0 Å². The smallest absolute Gasteiger partial charge is 0.251 e. The number of hydrogen-bond acceptors (Lipinski definition) is 3. The molecule has 0 aromatic carbocycles. The van der Waals surface area contributed by atoms with Crippen LogP contribution >= 0.6 is 11.6 Å². The zero-order chi connectivity index (χ0) is 15.2. The van der Waals surface area contributed by atoms with Crippen molar-refractivity contribution >= 4 is 17.5 Å². The lowest BCUT2D eigenvalue weighted by molar-refractivity contribution is 0.0932. The fourth-order valence-electron chi connectivity index (χ4n) is 1.93. The minimum atomic E-state index is -0.138. The van der Waals surface area contributed by atoms with Crippen molar-refractivity contribution in [1.82, 2.24) is 10.3 Å². The molecule has 0 atom stereocenters. The highest BCUT2D eigenvalue weighted by Crippen LogP contribution is 2.21. The van der Waals surface area contributed by atoms with Crippen molar-refractivity contribution in [3.63, 3.8) is 0 Å². The molecule has 1 heterocycles. The highest BCUT2D eigenvalue weighted by atomic mass is 35.5. The third-order valence-electron chi connectivity index (χ3n) is 3.21. The topological polar surface area (TPSA) is 62.2 Å². The number of carbonyl (C=O) groups excluding carboxylic acids is 1. The third-order valence-corrected chi connectivity index (χ3v) is 3.40. The lowest BCUT2D eigenvalue weighted by Crippen LogP contribution is -2.34. The number of halogens is 1. The van der Waals surface area contributed by atoms with Crippen molar-refractivity contribution < 1.29 is 9.90 Å². The first-order valence-corrected chi connectivity index (χ1v) is 7.31. The Morgan fingerprint density at radius 3 is 2.75 bits per heavy atom. The number of aromatic nitrogens is 1. The van der Waals surface area contributed by atoms with E-state index >= 15 is 0 Å². The van der Waals surface area contributed by atoms with E-state index < -0.39 is 0 Å². The minimum absolute atomic E-state index is 0.0389. The van der Waals surface area contributed by atoms with E-state index in [1.54, 1.807) is 12.1 Å². The molecule has 0 spiro atoms. The molecule has 0 aliphatic carbocycles. The van der Waals surface area contributed by atoms with Crippen LogP contribution in [0.3, 0.4) is 0 Å². The zero-order valence-electron chi connectivity index (χ0n) is 12.4. The summed E-state index contributed by atoms with van der Waals surface area (Å²) >= 11 is 5.91. The van der Waals surface area contributed by atoms with Crippen LogP contribution in [0.25, 0.3) is 0 Å². The third kappa shape index (κ3) is 5.47. The van der Waals surface area contributed by atoms with E-state index in [9.17, 15) is 4.79 Å². The molecule has 1 aromatic rings. The largest absolute Gasteiger partial charge is 0.396 e. The second-order valence-electron chi connectivity index (χ2n) is 5.70. The average Bonchev–Trinajstić information content (AvgIpc) is 2.42. The fraction of sp³-hybridized carbons (Fsp3) is 0.600. The van der Waals surface area contributed by atoms with Crippen LogP contribution in [-0.4, -0.2) is 29.1 Å². The Labute approximate surface area is 125 Å². The number of pyridine rings is 1. The van der Waals surface area contributed by atoms with Crippen molar-refractivity contribution in [3.05, 3.63) is 28.5 Å². The summed E-state index contributed by atoms with van der Waals surface area (Å²) in [5.74, 6) is -0.138. The summed E-state index contributed by atoms with van der Waals surface area (Å²) in [6.45, 7) is 6.85. The molecule has 2 N–H and O–H groups in total. The van der Waals surface area contributed by atoms with Gasteiger partial charge in [-0.05, 0) is 36.8 Å². The minimum Gasteiger partial charge on any atom is -0.396 e. The van der Waals surface area contributed by atoms with Gasteiger partial charge < -0.3 is 10.4 Å². The van der Waals surface area contributed by atoms with Crippen LogP contribution in [0.2, 0.25) is 5.15 Å². The van der Waals surface area contributed by atoms with Crippen molar-refractivity contribution in [2.24, 2.45) is 5.41 Å². The Morgan fingerprint density at radius 1 is 1.45 bits per heavy atom. The predicted octanol–water partition coefficient (Wildman–Crippen LogP) is 2.83. The molecule has 0 aliphatic heterocycles. The molecule has 20 heavy (non-hydrogen) atoms. The molecule has 0 fully saturated rings. The van der Waals surface area contributed by atoms with E-state index in [1.165, 1.54) is 0 Å². The van der Waals surface area contributed by atoms with Gasteiger partial charge in [-0.15, -0.1) is 0 Å². The lowest BCUT2D eigenvalue weighted by Gasteiger charge is -2.24. The monoisotopic (exact) mass is 298 g/mol. The number of aliphatic hydroxyl groups excluding tert-OH is 1. The van der Waals surface area contributed by atoms with Gasteiger partial charge in [-0.3, -0.25) is 4.79 Å². The Bertz CT molecular complexity index is 461. The standard InChI is InChI=1S/C15H23ClN2O2/c1-4-12-8-11(9-13(16)18-12)14(20)17-10-15(2,3)6-5-7-19/h8-9,19H,4-7,10H2,1-3H3,(H,17,20). The van der Waals surface area contributed by atoms with Crippen molar-refractivity contribution in [3.8, 4) is 0 Å². The first-order chi connectivity index (χ1) is 9.38. The summed E-state index contributed by atoms with van der Waals surface area (Å²) in [6.07, 6.45) is 2.34. The van der Waals surface area contributed by atoms with Crippen LogP contribution < -0.4 is 5.32 Å². The van der Waals surface area contributed by atoms with E-state index in [-0.39, 0.29) is 17.9 Å². The van der Waals surface area contributed by atoms with Crippen molar-refractivity contribution in [2.75, 3.05) is 13.2 Å².